The van der Waals surface area contributed by atoms with Gasteiger partial charge in [0.25, 0.3) is 5.91 Å². The summed E-state index contributed by atoms with van der Waals surface area (Å²) in [6.45, 7) is 1.58. The van der Waals surface area contributed by atoms with Gasteiger partial charge in [-0.05, 0) is 17.9 Å². The molecular formula is C13H17N3O3S. The number of rotatable bonds is 4. The van der Waals surface area contributed by atoms with Gasteiger partial charge in [0.15, 0.2) is 0 Å². The molecule has 0 radical (unpaired) electrons. The molecule has 2 N–H and O–H groups in total. The van der Waals surface area contributed by atoms with Crippen LogP contribution in [0, 0.1) is 0 Å². The monoisotopic (exact) mass is 295 g/mol. The molecule has 0 unspecified atom stereocenters. The van der Waals surface area contributed by atoms with Crippen LogP contribution in [0.4, 0.5) is 0 Å². The predicted molar refractivity (Wildman–Crippen MR) is 75.5 cm³/mol. The molecule has 6 nitrogen and oxygen atoms in total. The fourth-order valence-electron chi connectivity index (χ4n) is 1.96. The van der Waals surface area contributed by atoms with Crippen molar-refractivity contribution in [2.45, 2.75) is 12.8 Å². The third kappa shape index (κ3) is 4.06. The minimum absolute atomic E-state index is 0.104. The molecule has 0 aliphatic carbocycles. The Morgan fingerprint density at radius 3 is 3.05 bits per heavy atom. The van der Waals surface area contributed by atoms with Crippen molar-refractivity contribution in [3.63, 3.8) is 0 Å². The zero-order valence-electron chi connectivity index (χ0n) is 11.1. The molecule has 0 saturated carbocycles. The zero-order chi connectivity index (χ0) is 14.4. The molecular weight excluding hydrogens is 278 g/mol. The molecule has 1 saturated heterocycles. The van der Waals surface area contributed by atoms with E-state index in [0.717, 1.165) is 6.42 Å². The highest BCUT2D eigenvalue weighted by Crippen LogP contribution is 2.05. The number of amides is 3. The van der Waals surface area contributed by atoms with Crippen LogP contribution in [0.1, 0.15) is 23.2 Å². The quantitative estimate of drug-likeness (QED) is 0.834. The molecule has 0 aromatic carbocycles. The molecule has 1 aliphatic heterocycles. The lowest BCUT2D eigenvalue weighted by atomic mass is 10.3. The summed E-state index contributed by atoms with van der Waals surface area (Å²) in [5.41, 5.74) is 0.608. The summed E-state index contributed by atoms with van der Waals surface area (Å²) in [7, 11) is 0. The standard InChI is InChI=1S/C13H17N3O3S/c17-11-8-16(6-1-4-14-11)12(18)2-5-15-13(19)10-3-7-20-9-10/h3,7,9H,1-2,4-6,8H2,(H,14,17)(H,15,19). The Hall–Kier alpha value is -1.89. The van der Waals surface area contributed by atoms with Crippen molar-refractivity contribution < 1.29 is 14.4 Å². The van der Waals surface area contributed by atoms with E-state index in [-0.39, 0.29) is 37.2 Å². The molecule has 0 atom stereocenters. The molecule has 20 heavy (non-hydrogen) atoms. The van der Waals surface area contributed by atoms with E-state index in [1.54, 1.807) is 16.3 Å². The Bertz CT molecular complexity index is 487. The predicted octanol–water partition coefficient (Wildman–Crippen LogP) is 0.216. The normalized spacial score (nSPS) is 15.4. The van der Waals surface area contributed by atoms with Crippen LogP contribution >= 0.6 is 11.3 Å². The highest BCUT2D eigenvalue weighted by Gasteiger charge is 2.19. The SMILES string of the molecule is O=C1CN(C(=O)CCNC(=O)c2ccsc2)CCCN1. The topological polar surface area (TPSA) is 78.5 Å². The van der Waals surface area contributed by atoms with Gasteiger partial charge in [0.2, 0.25) is 11.8 Å². The maximum Gasteiger partial charge on any atom is 0.252 e. The third-order valence-electron chi connectivity index (χ3n) is 3.02. The van der Waals surface area contributed by atoms with Crippen LogP contribution in [0.2, 0.25) is 0 Å². The minimum Gasteiger partial charge on any atom is -0.354 e. The molecule has 1 aromatic heterocycles. The van der Waals surface area contributed by atoms with Crippen LogP contribution in [0.5, 0.6) is 0 Å². The van der Waals surface area contributed by atoms with Gasteiger partial charge in [0.1, 0.15) is 0 Å². The number of carbonyl (C=O) groups excluding carboxylic acids is 3. The lowest BCUT2D eigenvalue weighted by Crippen LogP contribution is -2.39. The van der Waals surface area contributed by atoms with Crippen LogP contribution in [-0.4, -0.2) is 48.8 Å². The molecule has 2 rings (SSSR count). The first-order valence-electron chi connectivity index (χ1n) is 6.51. The van der Waals surface area contributed by atoms with Gasteiger partial charge in [0, 0.05) is 37.0 Å². The summed E-state index contributed by atoms with van der Waals surface area (Å²) in [5, 5.41) is 9.01. The van der Waals surface area contributed by atoms with E-state index in [0.29, 0.717) is 18.7 Å². The van der Waals surface area contributed by atoms with Gasteiger partial charge in [-0.15, -0.1) is 0 Å². The van der Waals surface area contributed by atoms with Crippen molar-refractivity contribution in [2.75, 3.05) is 26.2 Å². The highest BCUT2D eigenvalue weighted by molar-refractivity contribution is 7.08. The van der Waals surface area contributed by atoms with Gasteiger partial charge in [-0.25, -0.2) is 0 Å². The van der Waals surface area contributed by atoms with E-state index in [9.17, 15) is 14.4 Å². The van der Waals surface area contributed by atoms with Crippen molar-refractivity contribution in [1.82, 2.24) is 15.5 Å². The van der Waals surface area contributed by atoms with Crippen molar-refractivity contribution in [3.8, 4) is 0 Å². The Labute approximate surface area is 121 Å². The lowest BCUT2D eigenvalue weighted by molar-refractivity contribution is -0.135. The Morgan fingerprint density at radius 1 is 1.45 bits per heavy atom. The minimum atomic E-state index is -0.173. The number of hydrogen-bond acceptors (Lipinski definition) is 4. The van der Waals surface area contributed by atoms with Crippen molar-refractivity contribution >= 4 is 29.1 Å². The Morgan fingerprint density at radius 2 is 2.30 bits per heavy atom. The number of thiophene rings is 1. The highest BCUT2D eigenvalue weighted by atomic mass is 32.1. The van der Waals surface area contributed by atoms with E-state index in [1.165, 1.54) is 11.3 Å². The summed E-state index contributed by atoms with van der Waals surface area (Å²) in [5.74, 6) is -0.404. The van der Waals surface area contributed by atoms with Crippen LogP contribution in [0.15, 0.2) is 16.8 Å². The van der Waals surface area contributed by atoms with Gasteiger partial charge in [-0.1, -0.05) is 0 Å². The summed E-state index contributed by atoms with van der Waals surface area (Å²) >= 11 is 1.45. The molecule has 1 aliphatic rings. The van der Waals surface area contributed by atoms with Gasteiger partial charge in [-0.3, -0.25) is 14.4 Å². The van der Waals surface area contributed by atoms with Crippen LogP contribution < -0.4 is 10.6 Å². The smallest absolute Gasteiger partial charge is 0.252 e. The molecule has 108 valence electrons. The first-order chi connectivity index (χ1) is 9.66. The summed E-state index contributed by atoms with van der Waals surface area (Å²) < 4.78 is 0. The van der Waals surface area contributed by atoms with Crippen molar-refractivity contribution in [2.24, 2.45) is 0 Å². The summed E-state index contributed by atoms with van der Waals surface area (Å²) in [4.78, 5) is 36.5. The fraction of sp³-hybridized carbons (Fsp3) is 0.462. The van der Waals surface area contributed by atoms with Crippen LogP contribution in [0.25, 0.3) is 0 Å². The zero-order valence-corrected chi connectivity index (χ0v) is 11.9. The largest absolute Gasteiger partial charge is 0.354 e. The lowest BCUT2D eigenvalue weighted by Gasteiger charge is -2.18. The second kappa shape index (κ2) is 7.04. The number of hydrogen-bond donors (Lipinski definition) is 2. The Balaban J connectivity index is 1.74. The molecule has 0 bridgehead atoms. The summed E-state index contributed by atoms with van der Waals surface area (Å²) in [6, 6.07) is 1.74. The molecule has 3 amide bonds. The van der Waals surface area contributed by atoms with Crippen molar-refractivity contribution in [3.05, 3.63) is 22.4 Å². The second-order valence-corrected chi connectivity index (χ2v) is 5.32. The maximum absolute atomic E-state index is 12.0. The van der Waals surface area contributed by atoms with Gasteiger partial charge in [-0.2, -0.15) is 11.3 Å². The van der Waals surface area contributed by atoms with E-state index >= 15 is 0 Å². The molecule has 2 heterocycles. The molecule has 0 spiro atoms. The molecule has 1 fully saturated rings. The van der Waals surface area contributed by atoms with E-state index in [2.05, 4.69) is 10.6 Å². The Kier molecular flexibility index (Phi) is 5.11. The third-order valence-corrected chi connectivity index (χ3v) is 3.71. The van der Waals surface area contributed by atoms with Gasteiger partial charge >= 0.3 is 0 Å². The van der Waals surface area contributed by atoms with E-state index in [1.807, 2.05) is 5.38 Å². The fourth-order valence-corrected chi connectivity index (χ4v) is 2.59. The van der Waals surface area contributed by atoms with Crippen LogP contribution in [-0.2, 0) is 9.59 Å². The average Bonchev–Trinajstić information content (AvgIpc) is 2.87. The summed E-state index contributed by atoms with van der Waals surface area (Å²) in [6.07, 6.45) is 0.974. The maximum atomic E-state index is 12.0. The van der Waals surface area contributed by atoms with Gasteiger partial charge in [0.05, 0.1) is 6.54 Å². The average molecular weight is 295 g/mol. The first-order valence-corrected chi connectivity index (χ1v) is 7.46. The second-order valence-electron chi connectivity index (χ2n) is 4.54. The molecule has 1 aromatic rings. The van der Waals surface area contributed by atoms with Crippen LogP contribution in [0.3, 0.4) is 0 Å². The van der Waals surface area contributed by atoms with Gasteiger partial charge < -0.3 is 15.5 Å². The number of nitrogens with zero attached hydrogens (tertiary/aromatic N) is 1. The number of nitrogens with one attached hydrogen (secondary N) is 2. The van der Waals surface area contributed by atoms with Crippen molar-refractivity contribution in [1.29, 1.82) is 0 Å². The first kappa shape index (κ1) is 14.5. The van der Waals surface area contributed by atoms with E-state index in [4.69, 9.17) is 0 Å². The molecule has 7 heteroatoms. The van der Waals surface area contributed by atoms with E-state index < -0.39 is 0 Å². The number of carbonyl (C=O) groups is 3.